The molecule has 3 aromatic heterocycles. The second-order valence-corrected chi connectivity index (χ2v) is 5.59. The van der Waals surface area contributed by atoms with Gasteiger partial charge in [0.05, 0.1) is 27.6 Å². The number of hydrogen-bond donors (Lipinski definition) is 2. The third kappa shape index (κ3) is 2.85. The number of anilines is 1. The first-order valence-corrected chi connectivity index (χ1v) is 8.62. The van der Waals surface area contributed by atoms with Crippen molar-refractivity contribution in [3.63, 3.8) is 0 Å². The maximum absolute atomic E-state index is 4.51. The van der Waals surface area contributed by atoms with E-state index in [1.807, 2.05) is 44.7 Å². The lowest BCUT2D eigenvalue weighted by Crippen LogP contribution is -1.95. The van der Waals surface area contributed by atoms with Gasteiger partial charge < -0.3 is 5.32 Å². The highest BCUT2D eigenvalue weighted by Gasteiger charge is 2.13. The Kier molecular flexibility index (Phi) is 4.81. The number of aromatic amines is 1. The average molecular weight is 338 g/mol. The molecule has 122 valence electrons. The first-order valence-electron chi connectivity index (χ1n) is 7.74. The highest BCUT2D eigenvalue weighted by molar-refractivity contribution is 7.17. The zero-order chi connectivity index (χ0) is 16.9. The van der Waals surface area contributed by atoms with Crippen LogP contribution in [0, 0.1) is 0 Å². The maximum atomic E-state index is 4.51. The van der Waals surface area contributed by atoms with Gasteiger partial charge in [0, 0.05) is 29.9 Å². The Hall–Kier alpha value is -2.80. The Balaban J connectivity index is 0.000000815. The van der Waals surface area contributed by atoms with E-state index < -0.39 is 0 Å². The topological polar surface area (TPSA) is 79.4 Å². The summed E-state index contributed by atoms with van der Waals surface area (Å²) >= 11 is 1.61. The predicted octanol–water partition coefficient (Wildman–Crippen LogP) is 4.21. The van der Waals surface area contributed by atoms with Crippen LogP contribution in [0.2, 0.25) is 0 Å². The maximum Gasteiger partial charge on any atom is 0.148 e. The Labute approximate surface area is 144 Å². The second-order valence-electron chi connectivity index (χ2n) is 4.73. The van der Waals surface area contributed by atoms with Gasteiger partial charge in [-0.25, -0.2) is 4.98 Å². The number of nitrogens with zero attached hydrogens (tertiary/aromatic N) is 4. The molecule has 7 heteroatoms. The summed E-state index contributed by atoms with van der Waals surface area (Å²) in [4.78, 5) is 4.51. The van der Waals surface area contributed by atoms with Crippen molar-refractivity contribution < 1.29 is 0 Å². The summed E-state index contributed by atoms with van der Waals surface area (Å²) in [6.07, 6.45) is 3.67. The predicted molar refractivity (Wildman–Crippen MR) is 99.1 cm³/mol. The molecule has 0 aliphatic carbocycles. The van der Waals surface area contributed by atoms with E-state index in [1.54, 1.807) is 17.5 Å². The van der Waals surface area contributed by atoms with Crippen LogP contribution in [-0.4, -0.2) is 32.4 Å². The van der Waals surface area contributed by atoms with Gasteiger partial charge >= 0.3 is 0 Å². The quantitative estimate of drug-likeness (QED) is 0.585. The van der Waals surface area contributed by atoms with Gasteiger partial charge in [0.25, 0.3) is 0 Å². The Morgan fingerprint density at radius 1 is 1.04 bits per heavy atom. The van der Waals surface area contributed by atoms with Crippen LogP contribution in [0.5, 0.6) is 0 Å². The molecule has 0 amide bonds. The molecule has 0 radical (unpaired) electrons. The van der Waals surface area contributed by atoms with Crippen LogP contribution in [0.15, 0.2) is 42.2 Å². The molecule has 0 atom stereocenters. The molecule has 0 spiro atoms. The van der Waals surface area contributed by atoms with Crippen LogP contribution >= 0.6 is 11.3 Å². The molecule has 0 saturated heterocycles. The van der Waals surface area contributed by atoms with E-state index in [-0.39, 0.29) is 0 Å². The number of nitrogens with one attached hydrogen (secondary N) is 2. The lowest BCUT2D eigenvalue weighted by Gasteiger charge is -2.06. The number of H-pyrrole nitrogens is 1. The number of hydrogen-bond acceptors (Lipinski definition) is 6. The number of thiazole rings is 1. The standard InChI is InChI=1S/C15H12N6S.C2H6/c1-16-13-5-4-12(20-21-13)11-3-2-10(9-6-18-19-7-9)14-15(11)22-8-17-14;1-2/h2-8H,1H3,(H,16,21)(H,18,19);1-2H3. The SMILES string of the molecule is CC.CNc1ccc(-c2ccc(-c3cn[nH]c3)c3ncsc23)nn1. The molecule has 1 aromatic carbocycles. The van der Waals surface area contributed by atoms with E-state index >= 15 is 0 Å². The van der Waals surface area contributed by atoms with E-state index in [0.717, 1.165) is 38.4 Å². The first kappa shape index (κ1) is 16.1. The number of fused-ring (bicyclic) bond motifs is 1. The smallest absolute Gasteiger partial charge is 0.148 e. The highest BCUT2D eigenvalue weighted by atomic mass is 32.1. The molecular weight excluding hydrogens is 320 g/mol. The van der Waals surface area contributed by atoms with Gasteiger partial charge in [-0.05, 0) is 12.1 Å². The first-order chi connectivity index (χ1) is 11.9. The Morgan fingerprint density at radius 3 is 2.54 bits per heavy atom. The fraction of sp³-hybridized carbons (Fsp3) is 0.176. The third-order valence-corrected chi connectivity index (χ3v) is 4.35. The largest absolute Gasteiger partial charge is 0.372 e. The van der Waals surface area contributed by atoms with Crippen molar-refractivity contribution in [1.29, 1.82) is 0 Å². The minimum atomic E-state index is 0.749. The molecule has 6 nitrogen and oxygen atoms in total. The van der Waals surface area contributed by atoms with Crippen molar-refractivity contribution in [2.75, 3.05) is 12.4 Å². The monoisotopic (exact) mass is 338 g/mol. The number of aromatic nitrogens is 5. The normalized spacial score (nSPS) is 10.3. The fourth-order valence-corrected chi connectivity index (χ4v) is 3.23. The lowest BCUT2D eigenvalue weighted by molar-refractivity contribution is 1.04. The zero-order valence-electron chi connectivity index (χ0n) is 13.7. The van der Waals surface area contributed by atoms with E-state index in [4.69, 9.17) is 0 Å². The lowest BCUT2D eigenvalue weighted by atomic mass is 10.0. The molecule has 3 heterocycles. The number of benzene rings is 1. The molecule has 0 bridgehead atoms. The van der Waals surface area contributed by atoms with Gasteiger partial charge in [-0.3, -0.25) is 5.10 Å². The molecule has 2 N–H and O–H groups in total. The molecule has 4 rings (SSSR count). The van der Waals surface area contributed by atoms with Crippen molar-refractivity contribution in [2.24, 2.45) is 0 Å². The molecule has 0 unspecified atom stereocenters. The summed E-state index contributed by atoms with van der Waals surface area (Å²) in [6, 6.07) is 7.99. The van der Waals surface area contributed by atoms with E-state index in [1.165, 1.54) is 0 Å². The van der Waals surface area contributed by atoms with Gasteiger partial charge in [0.2, 0.25) is 0 Å². The van der Waals surface area contributed by atoms with Gasteiger partial charge in [-0.15, -0.1) is 21.5 Å². The number of rotatable bonds is 3. The molecule has 0 fully saturated rings. The molecular formula is C17H18N6S. The Bertz CT molecular complexity index is 912. The van der Waals surface area contributed by atoms with Crippen molar-refractivity contribution in [3.8, 4) is 22.4 Å². The molecule has 4 aromatic rings. The third-order valence-electron chi connectivity index (χ3n) is 3.49. The van der Waals surface area contributed by atoms with E-state index in [0.29, 0.717) is 0 Å². The van der Waals surface area contributed by atoms with Crippen LogP contribution < -0.4 is 5.32 Å². The van der Waals surface area contributed by atoms with Crippen molar-refractivity contribution in [1.82, 2.24) is 25.4 Å². The van der Waals surface area contributed by atoms with E-state index in [9.17, 15) is 0 Å². The second kappa shape index (κ2) is 7.18. The van der Waals surface area contributed by atoms with E-state index in [2.05, 4.69) is 42.8 Å². The van der Waals surface area contributed by atoms with Gasteiger partial charge in [-0.2, -0.15) is 5.10 Å². The molecule has 0 saturated carbocycles. The van der Waals surface area contributed by atoms with Crippen LogP contribution in [-0.2, 0) is 0 Å². The minimum Gasteiger partial charge on any atom is -0.372 e. The van der Waals surface area contributed by atoms with Crippen LogP contribution in [0.25, 0.3) is 32.6 Å². The average Bonchev–Trinajstić information content (AvgIpc) is 3.34. The van der Waals surface area contributed by atoms with Crippen molar-refractivity contribution >= 4 is 27.4 Å². The summed E-state index contributed by atoms with van der Waals surface area (Å²) in [6.45, 7) is 4.00. The summed E-state index contributed by atoms with van der Waals surface area (Å²) in [7, 11) is 1.82. The zero-order valence-corrected chi connectivity index (χ0v) is 14.6. The van der Waals surface area contributed by atoms with Gasteiger partial charge in [0.15, 0.2) is 0 Å². The highest BCUT2D eigenvalue weighted by Crippen LogP contribution is 2.36. The molecule has 24 heavy (non-hydrogen) atoms. The summed E-state index contributed by atoms with van der Waals surface area (Å²) in [5, 5.41) is 18.3. The minimum absolute atomic E-state index is 0.749. The van der Waals surface area contributed by atoms with Gasteiger partial charge in [0.1, 0.15) is 5.82 Å². The molecule has 0 aliphatic rings. The Morgan fingerprint density at radius 2 is 1.88 bits per heavy atom. The fourth-order valence-electron chi connectivity index (χ4n) is 2.39. The van der Waals surface area contributed by atoms with Crippen LogP contribution in [0.4, 0.5) is 5.82 Å². The van der Waals surface area contributed by atoms with Crippen LogP contribution in [0.1, 0.15) is 13.8 Å². The van der Waals surface area contributed by atoms with Gasteiger partial charge in [-0.1, -0.05) is 26.0 Å². The summed E-state index contributed by atoms with van der Waals surface area (Å²) in [5.74, 6) is 0.749. The van der Waals surface area contributed by atoms with Crippen molar-refractivity contribution in [2.45, 2.75) is 13.8 Å². The summed E-state index contributed by atoms with van der Waals surface area (Å²) < 4.78 is 1.10. The molecule has 0 aliphatic heterocycles. The summed E-state index contributed by atoms with van der Waals surface area (Å²) in [5.41, 5.74) is 6.79. The van der Waals surface area contributed by atoms with Crippen LogP contribution in [0.3, 0.4) is 0 Å². The van der Waals surface area contributed by atoms with Crippen molar-refractivity contribution in [3.05, 3.63) is 42.2 Å².